The smallest absolute Gasteiger partial charge is 0.252 e. The molecule has 1 aromatic heterocycles. The predicted octanol–water partition coefficient (Wildman–Crippen LogP) is 22.9. The van der Waals surface area contributed by atoms with E-state index in [-0.39, 0.29) is 90.6 Å². The van der Waals surface area contributed by atoms with Crippen molar-refractivity contribution < 1.29 is 11.0 Å². The van der Waals surface area contributed by atoms with Crippen molar-refractivity contribution in [3.8, 4) is 39.1 Å². The highest BCUT2D eigenvalue weighted by atomic mass is 15.2. The summed E-state index contributed by atoms with van der Waals surface area (Å²) in [6.07, 6.45) is 0. The molecule has 0 spiro atoms. The Bertz CT molecular complexity index is 5050. The Morgan fingerprint density at radius 2 is 0.663 bits per heavy atom. The van der Waals surface area contributed by atoms with Crippen molar-refractivity contribution >= 4 is 79.0 Å². The van der Waals surface area contributed by atoms with Crippen LogP contribution in [-0.4, -0.2) is 11.3 Å². The van der Waals surface area contributed by atoms with Crippen LogP contribution in [0.25, 0.3) is 60.9 Å². The predicted molar refractivity (Wildman–Crippen MR) is 402 cm³/mol. The molecule has 0 atom stereocenters. The van der Waals surface area contributed by atoms with Gasteiger partial charge in [-0.1, -0.05) is 279 Å². The molecule has 0 bridgehead atoms. The number of hydrogen-bond donors (Lipinski definition) is 0. The van der Waals surface area contributed by atoms with Crippen LogP contribution in [0.5, 0.6) is 0 Å². The van der Waals surface area contributed by atoms with Gasteiger partial charge in [0.2, 0.25) is 0 Å². The largest absolute Gasteiger partial charge is 0.311 e. The van der Waals surface area contributed by atoms with Gasteiger partial charge in [-0.05, 0) is 193 Å². The maximum Gasteiger partial charge on any atom is 0.252 e. The van der Waals surface area contributed by atoms with Gasteiger partial charge in [-0.15, -0.1) is 0 Å². The molecule has 0 radical (unpaired) electrons. The molecular weight excluding hydrogens is 1110 g/mol. The van der Waals surface area contributed by atoms with Gasteiger partial charge in [0.1, 0.15) is 0 Å². The van der Waals surface area contributed by atoms with Gasteiger partial charge in [0.25, 0.3) is 6.71 Å². The molecular formula is C88H96BN3. The second kappa shape index (κ2) is 21.6. The summed E-state index contributed by atoms with van der Waals surface area (Å²) in [5, 5.41) is 0.0698. The van der Waals surface area contributed by atoms with E-state index in [1.165, 1.54) is 33.4 Å². The molecule has 0 aliphatic carbocycles. The van der Waals surface area contributed by atoms with Gasteiger partial charge < -0.3 is 14.4 Å². The number of aromatic nitrogens is 1. The SMILES string of the molecule is [2H]c1c([2H])c([2H])c2c(c1[2H])c1c([2H])c([2H])c([2H])c([2H])c1n2-c1ccc2c(c1)N(c1ccc(-c3cc(C(C)(C)C)cc(C(C)(C)C)c3)cc1)c1cc(C(C)(C)C)cc3c1B2c1cc(-c2cc(C(C)(C)C)cc(C(C)(C)C)c2)ccc1N3c1cccc(-c2cc(C(C)(C)C)cc(C(C)(C)C)c2)c1. The molecule has 10 aromatic carbocycles. The Hall–Kier alpha value is -8.34. The van der Waals surface area contributed by atoms with Crippen molar-refractivity contribution in [3.05, 3.63) is 239 Å². The average molecular weight is 1210 g/mol. The Morgan fingerprint density at radius 3 is 1.11 bits per heavy atom. The third-order valence-electron chi connectivity index (χ3n) is 19.4. The number of fused-ring (bicyclic) bond motifs is 7. The molecule has 0 amide bonds. The van der Waals surface area contributed by atoms with Crippen LogP contribution in [0.1, 0.15) is 195 Å². The summed E-state index contributed by atoms with van der Waals surface area (Å²) in [6, 6.07) is 54.0. The maximum absolute atomic E-state index is 9.66. The summed E-state index contributed by atoms with van der Waals surface area (Å²) in [4.78, 5) is 4.88. The molecule has 466 valence electrons. The zero-order valence-corrected chi connectivity index (χ0v) is 58.4. The van der Waals surface area contributed by atoms with E-state index in [1.807, 2.05) is 6.07 Å². The fourth-order valence-corrected chi connectivity index (χ4v) is 13.6. The van der Waals surface area contributed by atoms with Crippen molar-refractivity contribution in [1.29, 1.82) is 0 Å². The quantitative estimate of drug-likeness (QED) is 0.154. The summed E-state index contributed by atoms with van der Waals surface area (Å²) in [7, 11) is 0. The van der Waals surface area contributed by atoms with Crippen molar-refractivity contribution in [2.24, 2.45) is 0 Å². The highest BCUT2D eigenvalue weighted by Gasteiger charge is 2.45. The van der Waals surface area contributed by atoms with Crippen molar-refractivity contribution in [1.82, 2.24) is 4.57 Å². The Labute approximate surface area is 562 Å². The molecule has 0 saturated carbocycles. The Kier molecular flexibility index (Phi) is 12.5. The maximum atomic E-state index is 9.66. The number of benzene rings is 10. The van der Waals surface area contributed by atoms with Gasteiger partial charge in [0, 0.05) is 50.6 Å². The van der Waals surface area contributed by atoms with E-state index >= 15 is 0 Å². The number of para-hydroxylation sites is 2. The number of nitrogens with zero attached hydrogens (tertiary/aromatic N) is 3. The van der Waals surface area contributed by atoms with Gasteiger partial charge in [-0.3, -0.25) is 0 Å². The molecule has 4 heteroatoms. The first kappa shape index (κ1) is 53.2. The van der Waals surface area contributed by atoms with E-state index in [0.29, 0.717) is 5.69 Å². The molecule has 3 heterocycles. The van der Waals surface area contributed by atoms with E-state index < -0.39 is 24.2 Å². The normalized spacial score (nSPS) is 15.1. The highest BCUT2D eigenvalue weighted by Crippen LogP contribution is 2.49. The second-order valence-electron chi connectivity index (χ2n) is 33.6. The highest BCUT2D eigenvalue weighted by molar-refractivity contribution is 7.00. The zero-order chi connectivity index (χ0) is 72.7. The minimum absolute atomic E-state index is 0.0349. The zero-order valence-electron chi connectivity index (χ0n) is 66.4. The number of rotatable bonds is 6. The molecule has 92 heavy (non-hydrogen) atoms. The molecule has 2 aliphatic heterocycles. The Morgan fingerprint density at radius 1 is 0.283 bits per heavy atom. The summed E-state index contributed by atoms with van der Waals surface area (Å²) in [5.74, 6) is 0. The second-order valence-corrected chi connectivity index (χ2v) is 33.6. The summed E-state index contributed by atoms with van der Waals surface area (Å²) in [5.41, 5.74) is 24.0. The van der Waals surface area contributed by atoms with Crippen LogP contribution in [0.15, 0.2) is 200 Å². The number of hydrogen-bond acceptors (Lipinski definition) is 2. The fraction of sp³-hybridized carbons (Fsp3) is 0.318. The van der Waals surface area contributed by atoms with E-state index in [9.17, 15) is 5.48 Å². The first-order valence-electron chi connectivity index (χ1n) is 37.1. The van der Waals surface area contributed by atoms with Crippen LogP contribution in [0, 0.1) is 0 Å². The lowest BCUT2D eigenvalue weighted by Gasteiger charge is -2.45. The first-order valence-corrected chi connectivity index (χ1v) is 33.1. The monoisotopic (exact) mass is 1210 g/mol. The third kappa shape index (κ3) is 11.2. The van der Waals surface area contributed by atoms with Crippen molar-refractivity contribution in [3.63, 3.8) is 0 Å². The van der Waals surface area contributed by atoms with Crippen LogP contribution in [0.4, 0.5) is 34.1 Å². The minimum Gasteiger partial charge on any atom is -0.311 e. The van der Waals surface area contributed by atoms with Gasteiger partial charge >= 0.3 is 0 Å². The van der Waals surface area contributed by atoms with Crippen LogP contribution < -0.4 is 26.2 Å². The molecule has 0 fully saturated rings. The lowest BCUT2D eigenvalue weighted by molar-refractivity contribution is 0.568. The first-order chi connectivity index (χ1) is 46.3. The fourth-order valence-electron chi connectivity index (χ4n) is 13.6. The van der Waals surface area contributed by atoms with Gasteiger partial charge in [0.05, 0.1) is 22.0 Å². The van der Waals surface area contributed by atoms with E-state index in [0.717, 1.165) is 89.5 Å². The molecule has 2 aliphatic rings. The lowest BCUT2D eigenvalue weighted by atomic mass is 9.33. The van der Waals surface area contributed by atoms with Crippen LogP contribution >= 0.6 is 0 Å². The van der Waals surface area contributed by atoms with E-state index in [2.05, 4.69) is 301 Å². The van der Waals surface area contributed by atoms with Crippen LogP contribution in [0.3, 0.4) is 0 Å². The van der Waals surface area contributed by atoms with E-state index in [4.69, 9.17) is 5.48 Å². The van der Waals surface area contributed by atoms with Crippen molar-refractivity contribution in [2.45, 2.75) is 183 Å². The minimum atomic E-state index is -0.480. The summed E-state index contributed by atoms with van der Waals surface area (Å²) in [6.45, 7) is 47.5. The summed E-state index contributed by atoms with van der Waals surface area (Å²) >= 11 is 0. The molecule has 0 saturated heterocycles. The van der Waals surface area contributed by atoms with Gasteiger partial charge in [-0.2, -0.15) is 0 Å². The van der Waals surface area contributed by atoms with Crippen molar-refractivity contribution in [2.75, 3.05) is 9.80 Å². The molecule has 13 rings (SSSR count). The Balaban J connectivity index is 1.16. The third-order valence-corrected chi connectivity index (χ3v) is 19.4. The van der Waals surface area contributed by atoms with E-state index in [1.54, 1.807) is 4.57 Å². The van der Waals surface area contributed by atoms with Crippen LogP contribution in [0.2, 0.25) is 0 Å². The van der Waals surface area contributed by atoms with Gasteiger partial charge in [0.15, 0.2) is 0 Å². The molecule has 0 unspecified atom stereocenters. The number of anilines is 6. The molecule has 3 nitrogen and oxygen atoms in total. The van der Waals surface area contributed by atoms with Gasteiger partial charge in [-0.25, -0.2) is 0 Å². The van der Waals surface area contributed by atoms with Crippen LogP contribution in [-0.2, 0) is 37.9 Å². The topological polar surface area (TPSA) is 11.4 Å². The standard InChI is InChI=1S/C88H96BN3/c1-82(2,3)61-41-58(42-62(49-61)83(4,5)6)55-33-36-68(37-34-55)90-78-54-70(91-75-31-24-22-29-71(75)72-30-23-25-32-76(72)91)38-39-73(78)89-74-48-57(60-45-65(86(13,14)15)51-66(46-60)87(16,17)18)35-40-77(74)92(80-53-67(88(19,20)21)52-79(90)81(80)89)69-28-26-27-56(47-69)59-43-63(84(7,8)9)50-64(44-59)85(10,11)12/h22-54H,1-21H3/i22D,23D,24D,25D,29D,30D,31D,32D. The average Bonchev–Trinajstić information content (AvgIpc) is 1.18. The molecule has 11 aromatic rings. The lowest BCUT2D eigenvalue weighted by Crippen LogP contribution is -2.61. The summed E-state index contributed by atoms with van der Waals surface area (Å²) < 4.78 is 75.9. The molecule has 0 N–H and O–H groups in total.